The lowest BCUT2D eigenvalue weighted by molar-refractivity contribution is 0.282. The number of hydrogen-bond donors (Lipinski definition) is 0. The maximum atomic E-state index is 3.85. The second-order valence-electron chi connectivity index (χ2n) is 8.04. The Morgan fingerprint density at radius 3 is 1.15 bits per heavy atom. The SMILES string of the molecule is C=CN1CCN(CCCCCCCCCCCCN2CCN(C=C)C2)C1. The smallest absolute Gasteiger partial charge is 0.0702 e. The zero-order valence-corrected chi connectivity index (χ0v) is 17.1. The third kappa shape index (κ3) is 8.59. The van der Waals surface area contributed by atoms with Gasteiger partial charge in [0.2, 0.25) is 0 Å². The molecule has 2 fully saturated rings. The van der Waals surface area contributed by atoms with Crippen LogP contribution in [-0.2, 0) is 0 Å². The van der Waals surface area contributed by atoms with Gasteiger partial charge in [-0.1, -0.05) is 64.5 Å². The molecule has 0 amide bonds. The van der Waals surface area contributed by atoms with Crippen LogP contribution < -0.4 is 0 Å². The Kier molecular flexibility index (Phi) is 10.8. The molecule has 0 radical (unpaired) electrons. The Morgan fingerprint density at radius 1 is 0.500 bits per heavy atom. The van der Waals surface area contributed by atoms with E-state index in [-0.39, 0.29) is 0 Å². The molecule has 26 heavy (non-hydrogen) atoms. The monoisotopic (exact) mass is 362 g/mol. The van der Waals surface area contributed by atoms with Crippen molar-refractivity contribution < 1.29 is 0 Å². The molecule has 0 atom stereocenters. The van der Waals surface area contributed by atoms with Crippen molar-refractivity contribution in [2.75, 3.05) is 52.6 Å². The third-order valence-corrected chi connectivity index (χ3v) is 5.89. The van der Waals surface area contributed by atoms with Crippen LogP contribution in [0.5, 0.6) is 0 Å². The van der Waals surface area contributed by atoms with E-state index in [9.17, 15) is 0 Å². The summed E-state index contributed by atoms with van der Waals surface area (Å²) < 4.78 is 0. The fraction of sp³-hybridized carbons (Fsp3) is 0.818. The molecule has 0 aromatic heterocycles. The van der Waals surface area contributed by atoms with Gasteiger partial charge in [-0.25, -0.2) is 0 Å². The Labute approximate surface area is 162 Å². The second-order valence-corrected chi connectivity index (χ2v) is 8.04. The van der Waals surface area contributed by atoms with E-state index in [1.807, 2.05) is 12.4 Å². The van der Waals surface area contributed by atoms with E-state index in [2.05, 4.69) is 32.8 Å². The normalized spacial score (nSPS) is 18.8. The van der Waals surface area contributed by atoms with E-state index in [1.165, 1.54) is 90.4 Å². The van der Waals surface area contributed by atoms with Gasteiger partial charge < -0.3 is 9.80 Å². The van der Waals surface area contributed by atoms with Crippen molar-refractivity contribution in [3.05, 3.63) is 25.6 Å². The summed E-state index contributed by atoms with van der Waals surface area (Å²) in [5, 5.41) is 0. The average molecular weight is 363 g/mol. The second kappa shape index (κ2) is 13.2. The standard InChI is InChI=1S/C22H42N4/c1-3-23-17-19-25(21-23)15-13-11-9-7-5-6-8-10-12-14-16-26-20-18-24(4-2)22-26/h3-4H,1-2,5-22H2. The highest BCUT2D eigenvalue weighted by molar-refractivity contribution is 4.79. The summed E-state index contributed by atoms with van der Waals surface area (Å²) in [6, 6.07) is 0. The van der Waals surface area contributed by atoms with Gasteiger partial charge in [-0.3, -0.25) is 9.80 Å². The van der Waals surface area contributed by atoms with Crippen molar-refractivity contribution in [3.63, 3.8) is 0 Å². The first-order valence-corrected chi connectivity index (χ1v) is 11.0. The first-order chi connectivity index (χ1) is 12.8. The fourth-order valence-electron chi connectivity index (χ4n) is 4.08. The van der Waals surface area contributed by atoms with Crippen LogP contribution in [0.15, 0.2) is 25.6 Å². The first kappa shape index (κ1) is 21.3. The molecule has 4 nitrogen and oxygen atoms in total. The number of hydrogen-bond acceptors (Lipinski definition) is 4. The van der Waals surface area contributed by atoms with Crippen LogP contribution in [0.2, 0.25) is 0 Å². The maximum Gasteiger partial charge on any atom is 0.0702 e. The van der Waals surface area contributed by atoms with Crippen molar-refractivity contribution in [3.8, 4) is 0 Å². The molecule has 0 spiro atoms. The molecular formula is C22H42N4. The largest absolute Gasteiger partial charge is 0.364 e. The molecule has 0 aromatic rings. The topological polar surface area (TPSA) is 13.0 Å². The third-order valence-electron chi connectivity index (χ3n) is 5.89. The minimum absolute atomic E-state index is 1.09. The Morgan fingerprint density at radius 2 is 0.846 bits per heavy atom. The molecular weight excluding hydrogens is 320 g/mol. The van der Waals surface area contributed by atoms with Crippen LogP contribution in [0.3, 0.4) is 0 Å². The molecule has 0 aromatic carbocycles. The van der Waals surface area contributed by atoms with Gasteiger partial charge in [-0.15, -0.1) is 0 Å². The molecule has 0 unspecified atom stereocenters. The highest BCUT2D eigenvalue weighted by Gasteiger charge is 2.16. The fourth-order valence-corrected chi connectivity index (χ4v) is 4.08. The van der Waals surface area contributed by atoms with Gasteiger partial charge in [-0.05, 0) is 38.3 Å². The molecule has 4 heteroatoms. The maximum absolute atomic E-state index is 3.85. The van der Waals surface area contributed by atoms with Crippen LogP contribution in [0, 0.1) is 0 Å². The van der Waals surface area contributed by atoms with Gasteiger partial charge in [0.05, 0.1) is 13.3 Å². The van der Waals surface area contributed by atoms with E-state index in [1.54, 1.807) is 0 Å². The zero-order valence-electron chi connectivity index (χ0n) is 17.1. The highest BCUT2D eigenvalue weighted by Crippen LogP contribution is 2.13. The van der Waals surface area contributed by atoms with Gasteiger partial charge in [0.1, 0.15) is 0 Å². The average Bonchev–Trinajstić information content (AvgIpc) is 3.31. The number of unbranched alkanes of at least 4 members (excludes halogenated alkanes) is 9. The van der Waals surface area contributed by atoms with Gasteiger partial charge in [0.25, 0.3) is 0 Å². The number of rotatable bonds is 15. The van der Waals surface area contributed by atoms with E-state index in [0.717, 1.165) is 26.4 Å². The quantitative estimate of drug-likeness (QED) is 0.402. The summed E-state index contributed by atoms with van der Waals surface area (Å²) >= 11 is 0. The molecule has 0 aliphatic carbocycles. The summed E-state index contributed by atoms with van der Waals surface area (Å²) in [6.07, 6.45) is 18.1. The van der Waals surface area contributed by atoms with Crippen molar-refractivity contribution in [2.24, 2.45) is 0 Å². The summed E-state index contributed by atoms with van der Waals surface area (Å²) in [4.78, 5) is 9.72. The first-order valence-electron chi connectivity index (χ1n) is 11.0. The van der Waals surface area contributed by atoms with Gasteiger partial charge in [0, 0.05) is 26.2 Å². The van der Waals surface area contributed by atoms with E-state index >= 15 is 0 Å². The zero-order chi connectivity index (χ0) is 18.5. The van der Waals surface area contributed by atoms with Crippen molar-refractivity contribution in [1.82, 2.24) is 19.6 Å². The van der Waals surface area contributed by atoms with Crippen molar-refractivity contribution in [2.45, 2.75) is 64.2 Å². The summed E-state index contributed by atoms with van der Waals surface area (Å²) in [6.45, 7) is 17.2. The van der Waals surface area contributed by atoms with E-state index in [0.29, 0.717) is 0 Å². The Hall–Kier alpha value is -1.00. The van der Waals surface area contributed by atoms with Crippen LogP contribution in [0.4, 0.5) is 0 Å². The predicted octanol–water partition coefficient (Wildman–Crippen LogP) is 4.32. The highest BCUT2D eigenvalue weighted by atomic mass is 15.4. The Bertz CT molecular complexity index is 348. The van der Waals surface area contributed by atoms with Gasteiger partial charge >= 0.3 is 0 Å². The molecule has 2 heterocycles. The van der Waals surface area contributed by atoms with Gasteiger partial charge in [0.15, 0.2) is 0 Å². The lowest BCUT2D eigenvalue weighted by Crippen LogP contribution is -2.23. The van der Waals surface area contributed by atoms with Crippen LogP contribution in [-0.4, -0.2) is 72.2 Å². The predicted molar refractivity (Wildman–Crippen MR) is 113 cm³/mol. The minimum Gasteiger partial charge on any atom is -0.364 e. The van der Waals surface area contributed by atoms with Crippen molar-refractivity contribution in [1.29, 1.82) is 0 Å². The minimum atomic E-state index is 1.09. The number of nitrogens with zero attached hydrogens (tertiary/aromatic N) is 4. The van der Waals surface area contributed by atoms with E-state index < -0.39 is 0 Å². The molecule has 2 rings (SSSR count). The lowest BCUT2D eigenvalue weighted by atomic mass is 10.1. The molecule has 150 valence electrons. The molecule has 2 aliphatic heterocycles. The van der Waals surface area contributed by atoms with Crippen molar-refractivity contribution >= 4 is 0 Å². The summed E-state index contributed by atoms with van der Waals surface area (Å²) in [7, 11) is 0. The summed E-state index contributed by atoms with van der Waals surface area (Å²) in [5.41, 5.74) is 0. The molecule has 2 saturated heterocycles. The van der Waals surface area contributed by atoms with Crippen LogP contribution in [0.1, 0.15) is 64.2 Å². The van der Waals surface area contributed by atoms with Crippen LogP contribution in [0.25, 0.3) is 0 Å². The van der Waals surface area contributed by atoms with Gasteiger partial charge in [-0.2, -0.15) is 0 Å². The molecule has 0 saturated carbocycles. The molecule has 2 aliphatic rings. The lowest BCUT2D eigenvalue weighted by Gasteiger charge is -2.16. The Balaban J connectivity index is 1.27. The van der Waals surface area contributed by atoms with Crippen LogP contribution >= 0.6 is 0 Å². The molecule has 0 bridgehead atoms. The molecule has 0 N–H and O–H groups in total. The summed E-state index contributed by atoms with van der Waals surface area (Å²) in [5.74, 6) is 0. The van der Waals surface area contributed by atoms with E-state index in [4.69, 9.17) is 0 Å².